The summed E-state index contributed by atoms with van der Waals surface area (Å²) in [6.45, 7) is 1.98. The van der Waals surface area contributed by atoms with Gasteiger partial charge >= 0.3 is 10.4 Å². The SMILES string of the molecule is CCCCC1OS(=O)(=O)Oc2nn1c(N)c2N. The summed E-state index contributed by atoms with van der Waals surface area (Å²) in [4.78, 5) is 0. The standard InChI is InChI=1S/C8H14N4O4S/c1-2-3-4-5-12-7(10)6(9)8(11-12)16-17(13,14)15-5/h5H,2-4,9-10H2,1H3. The Morgan fingerprint density at radius 2 is 2.18 bits per heavy atom. The van der Waals surface area contributed by atoms with Crippen LogP contribution in [0.3, 0.4) is 0 Å². The van der Waals surface area contributed by atoms with E-state index in [9.17, 15) is 8.42 Å². The number of nitrogens with two attached hydrogens (primary N) is 2. The molecule has 1 aliphatic heterocycles. The highest BCUT2D eigenvalue weighted by Crippen LogP contribution is 2.36. The van der Waals surface area contributed by atoms with Gasteiger partial charge < -0.3 is 15.7 Å². The number of aromatic nitrogens is 2. The molecular weight excluding hydrogens is 248 g/mol. The number of nitrogen functional groups attached to an aromatic ring is 2. The van der Waals surface area contributed by atoms with Gasteiger partial charge in [0.2, 0.25) is 0 Å². The van der Waals surface area contributed by atoms with Crippen LogP contribution < -0.4 is 15.7 Å². The smallest absolute Gasteiger partial charge is 0.391 e. The van der Waals surface area contributed by atoms with Gasteiger partial charge in [-0.05, 0) is 12.8 Å². The Bertz CT molecular complexity index is 524. The van der Waals surface area contributed by atoms with Crippen molar-refractivity contribution in [3.05, 3.63) is 0 Å². The van der Waals surface area contributed by atoms with Crippen molar-refractivity contribution in [2.45, 2.75) is 32.4 Å². The maximum atomic E-state index is 11.4. The van der Waals surface area contributed by atoms with E-state index in [-0.39, 0.29) is 17.4 Å². The summed E-state index contributed by atoms with van der Waals surface area (Å²) >= 11 is 0. The first-order chi connectivity index (χ1) is 7.94. The Hall–Kier alpha value is -1.48. The largest absolute Gasteiger partial charge is 0.452 e. The molecule has 8 nitrogen and oxygen atoms in total. The van der Waals surface area contributed by atoms with Gasteiger partial charge in [0.25, 0.3) is 5.88 Å². The third-order valence-corrected chi connectivity index (χ3v) is 3.26. The van der Waals surface area contributed by atoms with Crippen LogP contribution in [0.4, 0.5) is 11.5 Å². The fraction of sp³-hybridized carbons (Fsp3) is 0.625. The monoisotopic (exact) mass is 262 g/mol. The number of anilines is 2. The van der Waals surface area contributed by atoms with Crippen LogP contribution >= 0.6 is 0 Å². The van der Waals surface area contributed by atoms with Crippen molar-refractivity contribution in [1.82, 2.24) is 9.78 Å². The highest BCUT2D eigenvalue weighted by atomic mass is 32.3. The molecule has 0 spiro atoms. The molecule has 4 N–H and O–H groups in total. The van der Waals surface area contributed by atoms with E-state index in [0.29, 0.717) is 6.42 Å². The average molecular weight is 262 g/mol. The summed E-state index contributed by atoms with van der Waals surface area (Å²) in [6, 6.07) is 0. The lowest BCUT2D eigenvalue weighted by molar-refractivity contribution is 0.110. The molecule has 1 aromatic heterocycles. The maximum absolute atomic E-state index is 11.4. The molecule has 9 heteroatoms. The second-order valence-electron chi connectivity index (χ2n) is 3.73. The van der Waals surface area contributed by atoms with Gasteiger partial charge in [-0.15, -0.1) is 5.10 Å². The summed E-state index contributed by atoms with van der Waals surface area (Å²) in [5, 5.41) is 3.88. The van der Waals surface area contributed by atoms with Gasteiger partial charge in [-0.3, -0.25) is 0 Å². The fourth-order valence-electron chi connectivity index (χ4n) is 1.56. The lowest BCUT2D eigenvalue weighted by Gasteiger charge is -2.17. The van der Waals surface area contributed by atoms with E-state index in [1.807, 2.05) is 6.92 Å². The van der Waals surface area contributed by atoms with Crippen LogP contribution in [0.1, 0.15) is 32.4 Å². The zero-order valence-corrected chi connectivity index (χ0v) is 10.1. The van der Waals surface area contributed by atoms with Crippen molar-refractivity contribution in [2.24, 2.45) is 0 Å². The normalized spacial score (nSPS) is 21.8. The van der Waals surface area contributed by atoms with Crippen molar-refractivity contribution in [3.8, 4) is 5.88 Å². The number of unbranched alkanes of at least 4 members (excludes halogenated alkanes) is 1. The first-order valence-corrected chi connectivity index (χ1v) is 6.54. The maximum Gasteiger partial charge on any atom is 0.452 e. The summed E-state index contributed by atoms with van der Waals surface area (Å²) in [5.41, 5.74) is 11.3. The van der Waals surface area contributed by atoms with E-state index in [1.54, 1.807) is 0 Å². The fourth-order valence-corrected chi connectivity index (χ4v) is 2.37. The van der Waals surface area contributed by atoms with Gasteiger partial charge in [-0.2, -0.15) is 8.42 Å². The van der Waals surface area contributed by atoms with Crippen molar-refractivity contribution < 1.29 is 16.8 Å². The van der Waals surface area contributed by atoms with Gasteiger partial charge in [0.1, 0.15) is 5.69 Å². The highest BCUT2D eigenvalue weighted by molar-refractivity contribution is 7.82. The zero-order valence-electron chi connectivity index (χ0n) is 9.29. The quantitative estimate of drug-likeness (QED) is 0.807. The van der Waals surface area contributed by atoms with E-state index in [1.165, 1.54) is 4.68 Å². The van der Waals surface area contributed by atoms with Gasteiger partial charge in [-0.25, -0.2) is 8.86 Å². The number of nitrogens with zero attached hydrogens (tertiary/aromatic N) is 2. The summed E-state index contributed by atoms with van der Waals surface area (Å²) in [7, 11) is -4.13. The number of hydrogen-bond acceptors (Lipinski definition) is 7. The van der Waals surface area contributed by atoms with Gasteiger partial charge in [0.05, 0.1) is 0 Å². The summed E-state index contributed by atoms with van der Waals surface area (Å²) in [6.07, 6.45) is 1.32. The molecule has 96 valence electrons. The van der Waals surface area contributed by atoms with Gasteiger partial charge in [-0.1, -0.05) is 13.3 Å². The Balaban J connectivity index is 2.41. The molecule has 1 unspecified atom stereocenters. The van der Waals surface area contributed by atoms with Crippen LogP contribution in [-0.2, 0) is 14.6 Å². The molecular formula is C8H14N4O4S. The van der Waals surface area contributed by atoms with Gasteiger partial charge in [0, 0.05) is 0 Å². The molecule has 17 heavy (non-hydrogen) atoms. The third kappa shape index (κ3) is 2.15. The molecule has 1 atom stereocenters. The van der Waals surface area contributed by atoms with Crippen LogP contribution in [0.5, 0.6) is 5.88 Å². The Kier molecular flexibility index (Phi) is 2.87. The molecule has 0 radical (unpaired) electrons. The Morgan fingerprint density at radius 3 is 2.82 bits per heavy atom. The number of rotatable bonds is 3. The minimum Gasteiger partial charge on any atom is -0.391 e. The Morgan fingerprint density at radius 1 is 1.47 bits per heavy atom. The highest BCUT2D eigenvalue weighted by Gasteiger charge is 2.33. The number of fused-ring (bicyclic) bond motifs is 2. The summed E-state index contributed by atoms with van der Waals surface area (Å²) in [5.74, 6) is -0.0856. The van der Waals surface area contributed by atoms with Crippen LogP contribution in [0, 0.1) is 0 Å². The van der Waals surface area contributed by atoms with Crippen molar-refractivity contribution in [2.75, 3.05) is 11.5 Å². The van der Waals surface area contributed by atoms with E-state index in [4.69, 9.17) is 15.7 Å². The van der Waals surface area contributed by atoms with Crippen molar-refractivity contribution in [1.29, 1.82) is 0 Å². The van der Waals surface area contributed by atoms with Crippen LogP contribution in [0.2, 0.25) is 0 Å². The molecule has 2 bridgehead atoms. The molecule has 2 rings (SSSR count). The van der Waals surface area contributed by atoms with E-state index < -0.39 is 16.6 Å². The van der Waals surface area contributed by atoms with Gasteiger partial charge in [0.15, 0.2) is 12.0 Å². The first kappa shape index (κ1) is 12.0. The molecule has 2 heterocycles. The lowest BCUT2D eigenvalue weighted by atomic mass is 10.2. The minimum atomic E-state index is -4.13. The second kappa shape index (κ2) is 4.08. The molecule has 0 aliphatic carbocycles. The molecule has 1 aromatic rings. The molecule has 0 amide bonds. The lowest BCUT2D eigenvalue weighted by Crippen LogP contribution is -2.21. The molecule has 0 fully saturated rings. The predicted molar refractivity (Wildman–Crippen MR) is 60.2 cm³/mol. The summed E-state index contributed by atoms with van der Waals surface area (Å²) < 4.78 is 33.5. The Labute approximate surface area is 98.8 Å². The van der Waals surface area contributed by atoms with Crippen LogP contribution in [-0.4, -0.2) is 18.2 Å². The minimum absolute atomic E-state index is 0.0124. The number of hydrogen-bond donors (Lipinski definition) is 2. The van der Waals surface area contributed by atoms with Crippen molar-refractivity contribution >= 4 is 21.9 Å². The second-order valence-corrected chi connectivity index (χ2v) is 4.91. The van der Waals surface area contributed by atoms with Crippen molar-refractivity contribution in [3.63, 3.8) is 0 Å². The van der Waals surface area contributed by atoms with E-state index >= 15 is 0 Å². The zero-order chi connectivity index (χ0) is 12.6. The van der Waals surface area contributed by atoms with Crippen LogP contribution in [0.15, 0.2) is 0 Å². The predicted octanol–water partition coefficient (Wildman–Crippen LogP) is 0.390. The average Bonchev–Trinajstić information content (AvgIpc) is 2.46. The molecule has 1 aliphatic rings. The molecule has 0 saturated heterocycles. The van der Waals surface area contributed by atoms with E-state index in [0.717, 1.165) is 12.8 Å². The first-order valence-electron chi connectivity index (χ1n) is 5.20. The molecule has 0 aromatic carbocycles. The van der Waals surface area contributed by atoms with Crippen LogP contribution in [0.25, 0.3) is 0 Å². The topological polar surface area (TPSA) is 122 Å². The molecule has 0 saturated carbocycles. The third-order valence-electron chi connectivity index (χ3n) is 2.44. The van der Waals surface area contributed by atoms with E-state index in [2.05, 4.69) is 9.28 Å².